The third kappa shape index (κ3) is 4.94. The maximum absolute atomic E-state index is 9.18. The Hall–Kier alpha value is -1.60. The molecule has 0 aliphatic rings. The van der Waals surface area contributed by atoms with E-state index in [4.69, 9.17) is 11.6 Å². The highest BCUT2D eigenvalue weighted by molar-refractivity contribution is 14.1. The van der Waals surface area contributed by atoms with Crippen LogP contribution in [0.15, 0.2) is 48.9 Å². The second-order valence-electron chi connectivity index (χ2n) is 4.67. The molecule has 6 heteroatoms. The van der Waals surface area contributed by atoms with Gasteiger partial charge in [-0.3, -0.25) is 9.78 Å². The normalized spacial score (nSPS) is 10.0. The third-order valence-electron chi connectivity index (χ3n) is 3.13. The molecule has 0 aliphatic heterocycles. The molecule has 3 rings (SSSR count). The fourth-order valence-electron chi connectivity index (χ4n) is 2.11. The van der Waals surface area contributed by atoms with Gasteiger partial charge in [-0.1, -0.05) is 11.6 Å². The molecule has 2 heterocycles. The molecular weight excluding hydrogens is 427 g/mol. The lowest BCUT2D eigenvalue weighted by molar-refractivity contribution is -0.128. The Morgan fingerprint density at radius 3 is 2.65 bits per heavy atom. The van der Waals surface area contributed by atoms with Crippen molar-refractivity contribution in [3.05, 3.63) is 63.1 Å². The molecule has 4 nitrogen and oxygen atoms in total. The second-order valence-corrected chi connectivity index (χ2v) is 6.27. The number of rotatable bonds is 4. The zero-order valence-electron chi connectivity index (χ0n) is 12.6. The highest BCUT2D eigenvalue weighted by atomic mass is 127. The van der Waals surface area contributed by atoms with Gasteiger partial charge in [-0.25, -0.2) is 0 Å². The summed E-state index contributed by atoms with van der Waals surface area (Å²) in [6, 6.07) is 10.1. The van der Waals surface area contributed by atoms with E-state index in [1.807, 2.05) is 36.7 Å². The number of carbonyl (C=O) groups is 1. The topological polar surface area (TPSA) is 44.1 Å². The van der Waals surface area contributed by atoms with Gasteiger partial charge >= 0.3 is 0 Å². The smallest absolute Gasteiger partial charge is 0.293 e. The van der Waals surface area contributed by atoms with E-state index < -0.39 is 0 Å². The lowest BCUT2D eigenvalue weighted by Gasteiger charge is -2.05. The van der Waals surface area contributed by atoms with Crippen molar-refractivity contribution >= 4 is 51.6 Å². The molecule has 0 amide bonds. The maximum atomic E-state index is 9.18. The zero-order valence-corrected chi connectivity index (χ0v) is 15.5. The number of pyridine rings is 1. The van der Waals surface area contributed by atoms with E-state index >= 15 is 0 Å². The lowest BCUT2D eigenvalue weighted by atomic mass is 10.2. The van der Waals surface area contributed by atoms with Gasteiger partial charge in [0.05, 0.1) is 6.61 Å². The number of benzene rings is 1. The van der Waals surface area contributed by atoms with Gasteiger partial charge in [-0.2, -0.15) is 0 Å². The quantitative estimate of drug-likeness (QED) is 0.441. The van der Waals surface area contributed by atoms with Crippen molar-refractivity contribution in [1.82, 2.24) is 9.55 Å². The molecule has 0 saturated carbocycles. The second kappa shape index (κ2) is 8.88. The maximum Gasteiger partial charge on any atom is 0.293 e. The van der Waals surface area contributed by atoms with Gasteiger partial charge in [-0.15, -0.1) is 0 Å². The van der Waals surface area contributed by atoms with E-state index in [0.717, 1.165) is 11.6 Å². The molecule has 0 atom stereocenters. The van der Waals surface area contributed by atoms with E-state index in [9.17, 15) is 4.79 Å². The van der Waals surface area contributed by atoms with Crippen LogP contribution < -0.4 is 0 Å². The molecule has 120 valence electrons. The van der Waals surface area contributed by atoms with Crippen molar-refractivity contribution < 1.29 is 9.53 Å². The van der Waals surface area contributed by atoms with E-state index in [-0.39, 0.29) is 0 Å². The van der Waals surface area contributed by atoms with Crippen LogP contribution in [0.2, 0.25) is 5.02 Å². The van der Waals surface area contributed by atoms with Crippen molar-refractivity contribution in [1.29, 1.82) is 0 Å². The highest BCUT2D eigenvalue weighted by Gasteiger charge is 2.07. The first-order valence-electron chi connectivity index (χ1n) is 7.03. The molecule has 0 saturated heterocycles. The lowest BCUT2D eigenvalue weighted by Crippen LogP contribution is -1.97. The van der Waals surface area contributed by atoms with Crippen LogP contribution in [0.4, 0.5) is 0 Å². The Bertz CT molecular complexity index is 775. The van der Waals surface area contributed by atoms with Gasteiger partial charge in [0, 0.05) is 44.6 Å². The summed E-state index contributed by atoms with van der Waals surface area (Å²) in [5.41, 5.74) is 2.45. The molecule has 0 fully saturated rings. The van der Waals surface area contributed by atoms with Gasteiger partial charge in [0.15, 0.2) is 0 Å². The molecule has 3 aromatic rings. The Morgan fingerprint density at radius 2 is 2.04 bits per heavy atom. The third-order valence-corrected chi connectivity index (χ3v) is 4.23. The molecule has 0 bridgehead atoms. The first-order valence-corrected chi connectivity index (χ1v) is 8.49. The Kier molecular flexibility index (Phi) is 6.85. The average Bonchev–Trinajstić information content (AvgIpc) is 2.85. The van der Waals surface area contributed by atoms with Crippen LogP contribution in [0.1, 0.15) is 12.5 Å². The van der Waals surface area contributed by atoms with Crippen molar-refractivity contribution in [3.63, 3.8) is 0 Å². The number of hydrogen-bond donors (Lipinski definition) is 0. The predicted octanol–water partition coefficient (Wildman–Crippen LogP) is 4.52. The summed E-state index contributed by atoms with van der Waals surface area (Å²) < 4.78 is 7.61. The molecular formula is C17H16ClIN2O2. The van der Waals surface area contributed by atoms with Crippen LogP contribution in [0.5, 0.6) is 0 Å². The predicted molar refractivity (Wildman–Crippen MR) is 101 cm³/mol. The van der Waals surface area contributed by atoms with Gasteiger partial charge in [0.1, 0.15) is 0 Å². The minimum absolute atomic E-state index is 0.431. The Balaban J connectivity index is 0.000000338. The van der Waals surface area contributed by atoms with Gasteiger partial charge in [0.25, 0.3) is 6.47 Å². The van der Waals surface area contributed by atoms with E-state index in [2.05, 4.69) is 49.1 Å². The van der Waals surface area contributed by atoms with Crippen molar-refractivity contribution in [2.24, 2.45) is 0 Å². The molecule has 0 aliphatic carbocycles. The summed E-state index contributed by atoms with van der Waals surface area (Å²) in [7, 11) is 0. The van der Waals surface area contributed by atoms with Gasteiger partial charge in [-0.05, 0) is 65.4 Å². The van der Waals surface area contributed by atoms with Crippen LogP contribution in [-0.4, -0.2) is 22.6 Å². The summed E-state index contributed by atoms with van der Waals surface area (Å²) in [4.78, 5) is 13.2. The van der Waals surface area contributed by atoms with Crippen LogP contribution >= 0.6 is 34.2 Å². The van der Waals surface area contributed by atoms with Crippen LogP contribution in [0.25, 0.3) is 10.9 Å². The van der Waals surface area contributed by atoms with E-state index in [1.54, 1.807) is 6.92 Å². The minimum atomic E-state index is 0.431. The summed E-state index contributed by atoms with van der Waals surface area (Å²) >= 11 is 8.39. The van der Waals surface area contributed by atoms with Crippen LogP contribution in [0, 0.1) is 3.57 Å². The summed E-state index contributed by atoms with van der Waals surface area (Å²) in [6.07, 6.45) is 5.80. The van der Waals surface area contributed by atoms with Crippen LogP contribution in [-0.2, 0) is 16.1 Å². The van der Waals surface area contributed by atoms with Crippen LogP contribution in [0.3, 0.4) is 0 Å². The number of nitrogens with zero attached hydrogens (tertiary/aromatic N) is 2. The molecule has 0 radical (unpaired) electrons. The number of aromatic nitrogens is 2. The number of ether oxygens (including phenoxy) is 1. The standard InChI is InChI=1S/C14H10ClIN2.C3H6O2/c15-11-1-2-14-12(7-11)13(16)9-18(14)8-10-3-5-17-6-4-10;1-2-5-3-4/h1-7,9H,8H2;3H,2H2,1H3. The first-order chi connectivity index (χ1) is 11.2. The molecule has 2 aromatic heterocycles. The monoisotopic (exact) mass is 442 g/mol. The summed E-state index contributed by atoms with van der Waals surface area (Å²) in [5.74, 6) is 0. The van der Waals surface area contributed by atoms with E-state index in [0.29, 0.717) is 13.1 Å². The number of carbonyl (C=O) groups excluding carboxylic acids is 1. The summed E-state index contributed by atoms with van der Waals surface area (Å²) in [5, 5.41) is 1.99. The molecule has 0 spiro atoms. The zero-order chi connectivity index (χ0) is 16.7. The number of halogens is 2. The Labute approximate surface area is 153 Å². The largest absolute Gasteiger partial charge is 0.468 e. The fraction of sp³-hybridized carbons (Fsp3) is 0.176. The van der Waals surface area contributed by atoms with Gasteiger partial charge in [0.2, 0.25) is 0 Å². The van der Waals surface area contributed by atoms with Crippen molar-refractivity contribution in [2.75, 3.05) is 6.61 Å². The van der Waals surface area contributed by atoms with E-state index in [1.165, 1.54) is 20.0 Å². The molecule has 23 heavy (non-hydrogen) atoms. The first kappa shape index (κ1) is 17.7. The Morgan fingerprint density at radius 1 is 1.30 bits per heavy atom. The minimum Gasteiger partial charge on any atom is -0.468 e. The molecule has 0 unspecified atom stereocenters. The number of hydrogen-bond acceptors (Lipinski definition) is 3. The molecule has 1 aromatic carbocycles. The number of fused-ring (bicyclic) bond motifs is 1. The fourth-order valence-corrected chi connectivity index (χ4v) is 3.05. The summed E-state index contributed by atoms with van der Waals surface area (Å²) in [6.45, 7) is 3.52. The van der Waals surface area contributed by atoms with Gasteiger partial charge < -0.3 is 9.30 Å². The van der Waals surface area contributed by atoms with Crippen molar-refractivity contribution in [2.45, 2.75) is 13.5 Å². The average molecular weight is 443 g/mol. The highest BCUT2D eigenvalue weighted by Crippen LogP contribution is 2.26. The molecule has 0 N–H and O–H groups in total. The SMILES string of the molecule is CCOC=O.Clc1ccc2c(c1)c(I)cn2Cc1ccncc1. The van der Waals surface area contributed by atoms with Crippen molar-refractivity contribution in [3.8, 4) is 0 Å².